The van der Waals surface area contributed by atoms with Crippen molar-refractivity contribution in [2.24, 2.45) is 11.3 Å². The van der Waals surface area contributed by atoms with Gasteiger partial charge in [-0.1, -0.05) is 13.3 Å². The third kappa shape index (κ3) is 2.73. The zero-order chi connectivity index (χ0) is 14.8. The van der Waals surface area contributed by atoms with E-state index in [0.717, 1.165) is 58.0 Å². The maximum absolute atomic E-state index is 11.3. The fourth-order valence-corrected chi connectivity index (χ4v) is 4.26. The van der Waals surface area contributed by atoms with Crippen LogP contribution in [0.4, 0.5) is 0 Å². The number of hydrogen-bond donors (Lipinski definition) is 1. The Bertz CT molecular complexity index is 376. The van der Waals surface area contributed by atoms with Gasteiger partial charge in [0.1, 0.15) is 0 Å². The monoisotopic (exact) mass is 278 g/mol. The maximum Gasteiger partial charge on any atom is 0.0863 e. The molecular weight excluding hydrogens is 248 g/mol. The van der Waals surface area contributed by atoms with Crippen molar-refractivity contribution < 1.29 is 5.11 Å². The standard InChI is InChI=1S/C17H30N2O/c1-4-15-6-8-16(12-15,13-18)17(20)7-5-10-19(11-9-17)14(2)3/h14-15,20H,4-12H2,1-3H3. The zero-order valence-electron chi connectivity index (χ0n) is 13.4. The molecule has 0 aromatic heterocycles. The molecule has 0 radical (unpaired) electrons. The molecule has 3 heteroatoms. The van der Waals surface area contributed by atoms with Gasteiger partial charge in [0, 0.05) is 12.6 Å². The summed E-state index contributed by atoms with van der Waals surface area (Å²) in [4.78, 5) is 2.44. The van der Waals surface area contributed by atoms with Crippen LogP contribution in [0.2, 0.25) is 0 Å². The largest absolute Gasteiger partial charge is 0.388 e. The maximum atomic E-state index is 11.3. The van der Waals surface area contributed by atoms with Crippen LogP contribution in [0.25, 0.3) is 0 Å². The highest BCUT2D eigenvalue weighted by molar-refractivity contribution is 5.15. The highest BCUT2D eigenvalue weighted by Crippen LogP contribution is 2.53. The van der Waals surface area contributed by atoms with E-state index in [2.05, 4.69) is 31.7 Å². The Hall–Kier alpha value is -0.590. The molecule has 114 valence electrons. The van der Waals surface area contributed by atoms with Crippen LogP contribution < -0.4 is 0 Å². The number of rotatable bonds is 3. The average molecular weight is 278 g/mol. The zero-order valence-corrected chi connectivity index (χ0v) is 13.4. The van der Waals surface area contributed by atoms with E-state index in [9.17, 15) is 10.4 Å². The molecule has 20 heavy (non-hydrogen) atoms. The minimum Gasteiger partial charge on any atom is -0.388 e. The van der Waals surface area contributed by atoms with E-state index in [1.807, 2.05) is 0 Å². The van der Waals surface area contributed by atoms with Crippen LogP contribution in [-0.4, -0.2) is 34.7 Å². The first-order valence-electron chi connectivity index (χ1n) is 8.34. The van der Waals surface area contributed by atoms with Crippen molar-refractivity contribution >= 4 is 0 Å². The lowest BCUT2D eigenvalue weighted by Crippen LogP contribution is -2.47. The first-order chi connectivity index (χ1) is 9.46. The van der Waals surface area contributed by atoms with Crippen LogP contribution in [0.1, 0.15) is 65.7 Å². The molecule has 0 amide bonds. The molecule has 1 saturated heterocycles. The third-order valence-corrected chi connectivity index (χ3v) is 5.88. The molecule has 0 aromatic carbocycles. The molecule has 0 aromatic rings. The Labute approximate surface area is 124 Å². The quantitative estimate of drug-likeness (QED) is 0.861. The van der Waals surface area contributed by atoms with Gasteiger partial charge in [-0.15, -0.1) is 0 Å². The lowest BCUT2D eigenvalue weighted by Gasteiger charge is -2.40. The second-order valence-electron chi connectivity index (χ2n) is 7.23. The molecule has 0 spiro atoms. The average Bonchev–Trinajstić information content (AvgIpc) is 2.77. The summed E-state index contributed by atoms with van der Waals surface area (Å²) < 4.78 is 0. The van der Waals surface area contributed by atoms with Gasteiger partial charge < -0.3 is 10.0 Å². The molecule has 1 aliphatic carbocycles. The SMILES string of the molecule is CCC1CCC(C#N)(C2(O)CCCN(C(C)C)CC2)C1. The van der Waals surface area contributed by atoms with E-state index in [-0.39, 0.29) is 0 Å². The van der Waals surface area contributed by atoms with Gasteiger partial charge in [0.2, 0.25) is 0 Å². The molecular formula is C17H30N2O. The fraction of sp³-hybridized carbons (Fsp3) is 0.941. The molecule has 3 atom stereocenters. The molecule has 2 fully saturated rings. The number of nitriles is 1. The summed E-state index contributed by atoms with van der Waals surface area (Å²) in [6.45, 7) is 8.61. The van der Waals surface area contributed by atoms with E-state index < -0.39 is 11.0 Å². The molecule has 1 heterocycles. The second kappa shape index (κ2) is 6.03. The topological polar surface area (TPSA) is 47.3 Å². The number of nitrogens with zero attached hydrogens (tertiary/aromatic N) is 2. The molecule has 1 aliphatic heterocycles. The summed E-state index contributed by atoms with van der Waals surface area (Å²) in [5, 5.41) is 21.1. The van der Waals surface area contributed by atoms with Crippen molar-refractivity contribution in [1.82, 2.24) is 4.90 Å². The van der Waals surface area contributed by atoms with Gasteiger partial charge >= 0.3 is 0 Å². The molecule has 1 saturated carbocycles. The number of likely N-dealkylation sites (tertiary alicyclic amines) is 1. The Kier molecular flexibility index (Phi) is 4.76. The van der Waals surface area contributed by atoms with Crippen LogP contribution in [0.3, 0.4) is 0 Å². The van der Waals surface area contributed by atoms with Gasteiger partial charge in [0.05, 0.1) is 17.1 Å². The highest BCUT2D eigenvalue weighted by atomic mass is 16.3. The van der Waals surface area contributed by atoms with E-state index in [4.69, 9.17) is 0 Å². The Morgan fingerprint density at radius 3 is 2.60 bits per heavy atom. The Morgan fingerprint density at radius 1 is 1.30 bits per heavy atom. The van der Waals surface area contributed by atoms with Crippen molar-refractivity contribution in [3.05, 3.63) is 0 Å². The van der Waals surface area contributed by atoms with E-state index >= 15 is 0 Å². The molecule has 0 bridgehead atoms. The summed E-state index contributed by atoms with van der Waals surface area (Å²) in [7, 11) is 0. The fourth-order valence-electron chi connectivity index (χ4n) is 4.26. The highest BCUT2D eigenvalue weighted by Gasteiger charge is 2.54. The van der Waals surface area contributed by atoms with Crippen LogP contribution in [0.15, 0.2) is 0 Å². The second-order valence-corrected chi connectivity index (χ2v) is 7.23. The van der Waals surface area contributed by atoms with Gasteiger partial charge in [-0.25, -0.2) is 0 Å². The summed E-state index contributed by atoms with van der Waals surface area (Å²) in [6, 6.07) is 3.09. The van der Waals surface area contributed by atoms with Crippen molar-refractivity contribution in [2.45, 2.75) is 77.4 Å². The number of aliphatic hydroxyl groups is 1. The van der Waals surface area contributed by atoms with Gasteiger partial charge in [0.25, 0.3) is 0 Å². The van der Waals surface area contributed by atoms with Crippen molar-refractivity contribution in [3.8, 4) is 6.07 Å². The normalized spacial score (nSPS) is 39.7. The Morgan fingerprint density at radius 2 is 2.05 bits per heavy atom. The molecule has 2 aliphatic rings. The molecule has 3 nitrogen and oxygen atoms in total. The summed E-state index contributed by atoms with van der Waals surface area (Å²) >= 11 is 0. The van der Waals surface area contributed by atoms with Crippen LogP contribution in [-0.2, 0) is 0 Å². The summed E-state index contributed by atoms with van der Waals surface area (Å²) in [5.41, 5.74) is -1.25. The minimum absolute atomic E-state index is 0.485. The van der Waals surface area contributed by atoms with Crippen LogP contribution in [0.5, 0.6) is 0 Å². The van der Waals surface area contributed by atoms with E-state index in [1.165, 1.54) is 0 Å². The van der Waals surface area contributed by atoms with Crippen LogP contribution in [0, 0.1) is 22.7 Å². The van der Waals surface area contributed by atoms with Gasteiger partial charge in [-0.3, -0.25) is 0 Å². The lowest BCUT2D eigenvalue weighted by atomic mass is 9.67. The smallest absolute Gasteiger partial charge is 0.0863 e. The summed E-state index contributed by atoms with van der Waals surface area (Å²) in [6.07, 6.45) is 6.60. The van der Waals surface area contributed by atoms with Gasteiger partial charge in [-0.2, -0.15) is 5.26 Å². The predicted molar refractivity (Wildman–Crippen MR) is 81.2 cm³/mol. The van der Waals surface area contributed by atoms with Crippen molar-refractivity contribution in [2.75, 3.05) is 13.1 Å². The number of hydrogen-bond acceptors (Lipinski definition) is 3. The first kappa shape index (κ1) is 15.8. The summed E-state index contributed by atoms with van der Waals surface area (Å²) in [5.74, 6) is 0.628. The van der Waals surface area contributed by atoms with E-state index in [0.29, 0.717) is 12.0 Å². The third-order valence-electron chi connectivity index (χ3n) is 5.88. The Balaban J connectivity index is 2.15. The van der Waals surface area contributed by atoms with Crippen molar-refractivity contribution in [3.63, 3.8) is 0 Å². The first-order valence-corrected chi connectivity index (χ1v) is 8.34. The van der Waals surface area contributed by atoms with E-state index in [1.54, 1.807) is 0 Å². The minimum atomic E-state index is -0.769. The predicted octanol–water partition coefficient (Wildman–Crippen LogP) is 3.33. The molecule has 3 unspecified atom stereocenters. The van der Waals surface area contributed by atoms with Crippen molar-refractivity contribution in [1.29, 1.82) is 5.26 Å². The lowest BCUT2D eigenvalue weighted by molar-refractivity contribution is -0.0660. The molecule has 2 rings (SSSR count). The molecule has 1 N–H and O–H groups in total. The van der Waals surface area contributed by atoms with Crippen LogP contribution >= 0.6 is 0 Å². The van der Waals surface area contributed by atoms with Gasteiger partial charge in [0.15, 0.2) is 0 Å². The van der Waals surface area contributed by atoms with Gasteiger partial charge in [-0.05, 0) is 64.8 Å².